The van der Waals surface area contributed by atoms with Gasteiger partial charge in [-0.05, 0) is 76.5 Å². The van der Waals surface area contributed by atoms with E-state index in [4.69, 9.17) is 9.84 Å². The van der Waals surface area contributed by atoms with E-state index in [2.05, 4.69) is 25.6 Å². The zero-order valence-electron chi connectivity index (χ0n) is 21.7. The highest BCUT2D eigenvalue weighted by molar-refractivity contribution is 6.09. The number of aryl methyl sites for hydroxylation is 1. The van der Waals surface area contributed by atoms with E-state index in [1.54, 1.807) is 12.1 Å². The third-order valence-corrected chi connectivity index (χ3v) is 7.38. The van der Waals surface area contributed by atoms with E-state index >= 15 is 0 Å². The van der Waals surface area contributed by atoms with Gasteiger partial charge in [0.1, 0.15) is 29.9 Å². The maximum Gasteiger partial charge on any atom is 0.255 e. The molecule has 38 heavy (non-hydrogen) atoms. The largest absolute Gasteiger partial charge is 0.493 e. The van der Waals surface area contributed by atoms with Crippen LogP contribution < -0.4 is 15.4 Å². The van der Waals surface area contributed by atoms with Crippen LogP contribution >= 0.6 is 0 Å². The van der Waals surface area contributed by atoms with Crippen LogP contribution in [0.3, 0.4) is 0 Å². The van der Waals surface area contributed by atoms with Crippen LogP contribution in [0, 0.1) is 12.8 Å². The number of aliphatic hydroxyl groups excluding tert-OH is 1. The molecule has 10 heteroatoms. The van der Waals surface area contributed by atoms with Gasteiger partial charge >= 0.3 is 0 Å². The number of amides is 2. The highest BCUT2D eigenvalue weighted by Crippen LogP contribution is 2.37. The topological polar surface area (TPSA) is 146 Å². The number of H-pyrrole nitrogens is 1. The van der Waals surface area contributed by atoms with Crippen molar-refractivity contribution >= 4 is 28.6 Å². The molecule has 200 valence electrons. The number of aliphatic hydroxyl groups is 1. The van der Waals surface area contributed by atoms with E-state index < -0.39 is 6.61 Å². The SMILES string of the molecule is CC(=O)c1ccc(OCC2CC2)c(-c2ncnc3c(C(=O)N[C@H]4CC[C@H](NC(=O)CO)CC4)c(C)[nH]c23)c1. The molecule has 2 heterocycles. The lowest BCUT2D eigenvalue weighted by Crippen LogP contribution is -2.44. The molecule has 0 spiro atoms. The Morgan fingerprint density at radius 2 is 1.76 bits per heavy atom. The molecule has 2 aromatic heterocycles. The quantitative estimate of drug-likeness (QED) is 0.318. The first-order chi connectivity index (χ1) is 18.3. The summed E-state index contributed by atoms with van der Waals surface area (Å²) >= 11 is 0. The molecule has 0 bridgehead atoms. The molecule has 0 radical (unpaired) electrons. The van der Waals surface area contributed by atoms with Crippen LogP contribution in [0.4, 0.5) is 0 Å². The molecule has 4 N–H and O–H groups in total. The van der Waals surface area contributed by atoms with E-state index in [0.717, 1.165) is 38.5 Å². The summed E-state index contributed by atoms with van der Waals surface area (Å²) in [6.07, 6.45) is 6.66. The van der Waals surface area contributed by atoms with Gasteiger partial charge < -0.3 is 25.5 Å². The maximum absolute atomic E-state index is 13.4. The molecule has 5 rings (SSSR count). The molecule has 2 saturated carbocycles. The summed E-state index contributed by atoms with van der Waals surface area (Å²) in [6, 6.07) is 5.34. The van der Waals surface area contributed by atoms with Gasteiger partial charge in [-0.25, -0.2) is 9.97 Å². The Morgan fingerprint density at radius 1 is 1.05 bits per heavy atom. The predicted molar refractivity (Wildman–Crippen MR) is 141 cm³/mol. The predicted octanol–water partition coefficient (Wildman–Crippen LogP) is 3.07. The molecule has 2 aliphatic carbocycles. The number of carbonyl (C=O) groups is 3. The van der Waals surface area contributed by atoms with Crippen molar-refractivity contribution < 1.29 is 24.2 Å². The summed E-state index contributed by atoms with van der Waals surface area (Å²) in [5, 5.41) is 14.9. The average Bonchev–Trinajstić information content (AvgIpc) is 3.67. The smallest absolute Gasteiger partial charge is 0.255 e. The number of fused-ring (bicyclic) bond motifs is 1. The minimum Gasteiger partial charge on any atom is -0.493 e. The molecule has 2 amide bonds. The number of nitrogens with one attached hydrogen (secondary N) is 3. The summed E-state index contributed by atoms with van der Waals surface area (Å²) < 4.78 is 6.12. The molecule has 2 fully saturated rings. The lowest BCUT2D eigenvalue weighted by molar-refractivity contribution is -0.124. The number of hydrogen-bond acceptors (Lipinski definition) is 7. The van der Waals surface area contributed by atoms with Gasteiger partial charge in [-0.2, -0.15) is 0 Å². The fourth-order valence-electron chi connectivity index (χ4n) is 5.07. The van der Waals surface area contributed by atoms with Crippen molar-refractivity contribution in [2.75, 3.05) is 13.2 Å². The fourth-order valence-corrected chi connectivity index (χ4v) is 5.07. The highest BCUT2D eigenvalue weighted by Gasteiger charge is 2.28. The second-order valence-electron chi connectivity index (χ2n) is 10.3. The van der Waals surface area contributed by atoms with Crippen LogP contribution in [0.25, 0.3) is 22.3 Å². The van der Waals surface area contributed by atoms with Gasteiger partial charge in [-0.3, -0.25) is 14.4 Å². The van der Waals surface area contributed by atoms with Gasteiger partial charge in [0.2, 0.25) is 5.91 Å². The first-order valence-corrected chi connectivity index (χ1v) is 13.2. The van der Waals surface area contributed by atoms with Gasteiger partial charge in [-0.15, -0.1) is 0 Å². The van der Waals surface area contributed by atoms with E-state index in [1.165, 1.54) is 13.3 Å². The summed E-state index contributed by atoms with van der Waals surface area (Å²) in [7, 11) is 0. The first-order valence-electron chi connectivity index (χ1n) is 13.2. The van der Waals surface area contributed by atoms with Gasteiger partial charge in [0.25, 0.3) is 5.91 Å². The Kier molecular flexibility index (Phi) is 7.42. The second-order valence-corrected chi connectivity index (χ2v) is 10.3. The Hall–Kier alpha value is -3.79. The Balaban J connectivity index is 1.40. The minimum atomic E-state index is -0.520. The van der Waals surface area contributed by atoms with Gasteiger partial charge in [0.15, 0.2) is 5.78 Å². The number of ether oxygens (including phenoxy) is 1. The Bertz CT molecular complexity index is 1370. The fraction of sp³-hybridized carbons (Fsp3) is 0.464. The molecule has 1 aromatic carbocycles. The lowest BCUT2D eigenvalue weighted by Gasteiger charge is -2.29. The second kappa shape index (κ2) is 10.9. The number of aromatic amines is 1. The lowest BCUT2D eigenvalue weighted by atomic mass is 9.91. The Labute approximate surface area is 220 Å². The van der Waals surface area contributed by atoms with Crippen LogP contribution in [-0.2, 0) is 4.79 Å². The highest BCUT2D eigenvalue weighted by atomic mass is 16.5. The van der Waals surface area contributed by atoms with E-state index in [1.807, 2.05) is 13.0 Å². The monoisotopic (exact) mass is 519 g/mol. The van der Waals surface area contributed by atoms with Crippen molar-refractivity contribution in [1.82, 2.24) is 25.6 Å². The zero-order valence-corrected chi connectivity index (χ0v) is 21.7. The average molecular weight is 520 g/mol. The molecule has 0 aliphatic heterocycles. The number of ketones is 1. The molecule has 3 aromatic rings. The van der Waals surface area contributed by atoms with Crippen LogP contribution in [0.2, 0.25) is 0 Å². The van der Waals surface area contributed by atoms with Gasteiger partial charge in [0, 0.05) is 28.9 Å². The zero-order chi connectivity index (χ0) is 26.8. The van der Waals surface area contributed by atoms with Crippen molar-refractivity contribution in [3.05, 3.63) is 41.3 Å². The molecule has 0 saturated heterocycles. The molecule has 10 nitrogen and oxygen atoms in total. The van der Waals surface area contributed by atoms with Crippen LogP contribution in [-0.4, -0.2) is 63.0 Å². The number of Topliss-reactive ketones (excluding diaryl/α,β-unsaturated/α-hetero) is 1. The summed E-state index contributed by atoms with van der Waals surface area (Å²) in [5.41, 5.74) is 4.07. The number of hydrogen-bond donors (Lipinski definition) is 4. The van der Waals surface area contributed by atoms with Gasteiger partial charge in [0.05, 0.1) is 17.7 Å². The van der Waals surface area contributed by atoms with Gasteiger partial charge in [-0.1, -0.05) is 0 Å². The molecule has 0 atom stereocenters. The number of aromatic nitrogens is 3. The molecule has 0 unspecified atom stereocenters. The third kappa shape index (κ3) is 5.55. The molecular formula is C28H33N5O5. The number of carbonyl (C=O) groups excluding carboxylic acids is 3. The van der Waals surface area contributed by atoms with E-state index in [0.29, 0.717) is 57.4 Å². The normalized spacial score (nSPS) is 19.2. The summed E-state index contributed by atoms with van der Waals surface area (Å²) in [5.74, 6) is 0.551. The van der Waals surface area contributed by atoms with E-state index in [-0.39, 0.29) is 29.7 Å². The summed E-state index contributed by atoms with van der Waals surface area (Å²) in [4.78, 5) is 49.3. The van der Waals surface area contributed by atoms with Crippen LogP contribution in [0.1, 0.15) is 71.9 Å². The standard InChI is InChI=1S/C28H33N5O5/c1-15-24(28(37)33-20-8-6-19(7-9-20)32-23(36)12-34)26-27(31-15)25(29-14-30-26)21-11-18(16(2)35)5-10-22(21)38-13-17-3-4-17/h5,10-11,14,17,19-20,31,34H,3-4,6-9,12-13H2,1-2H3,(H,32,36)(H,33,37)/t19-,20-. The van der Waals surface area contributed by atoms with Crippen molar-refractivity contribution in [2.24, 2.45) is 5.92 Å². The van der Waals surface area contributed by atoms with Crippen molar-refractivity contribution in [3.63, 3.8) is 0 Å². The van der Waals surface area contributed by atoms with Crippen LogP contribution in [0.5, 0.6) is 5.75 Å². The van der Waals surface area contributed by atoms with Crippen molar-refractivity contribution in [1.29, 1.82) is 0 Å². The number of nitrogens with zero attached hydrogens (tertiary/aromatic N) is 2. The minimum absolute atomic E-state index is 0.00928. The maximum atomic E-state index is 13.4. The summed E-state index contributed by atoms with van der Waals surface area (Å²) in [6.45, 7) is 3.45. The van der Waals surface area contributed by atoms with Crippen molar-refractivity contribution in [2.45, 2.75) is 64.5 Å². The van der Waals surface area contributed by atoms with Crippen LogP contribution in [0.15, 0.2) is 24.5 Å². The first kappa shape index (κ1) is 25.8. The molecule has 2 aliphatic rings. The molecular weight excluding hydrogens is 486 g/mol. The van der Waals surface area contributed by atoms with E-state index in [9.17, 15) is 14.4 Å². The Morgan fingerprint density at radius 3 is 2.42 bits per heavy atom. The third-order valence-electron chi connectivity index (χ3n) is 7.38. The number of benzene rings is 1. The van der Waals surface area contributed by atoms with Crippen molar-refractivity contribution in [3.8, 4) is 17.0 Å². The number of rotatable bonds is 9.